The summed E-state index contributed by atoms with van der Waals surface area (Å²) in [5.74, 6) is -0.582. The zero-order chi connectivity index (χ0) is 42.6. The molecule has 0 aliphatic heterocycles. The summed E-state index contributed by atoms with van der Waals surface area (Å²) in [5.41, 5.74) is 7.88. The number of hydrogen-bond acceptors (Lipinski definition) is 9. The van der Waals surface area contributed by atoms with E-state index in [1.807, 2.05) is 105 Å². The number of Topliss-reactive ketones (excluding diaryl/α,β-unsaturated/α-hetero) is 2. The second-order valence-corrected chi connectivity index (χ2v) is 14.0. The molecule has 0 N–H and O–H groups in total. The summed E-state index contributed by atoms with van der Waals surface area (Å²) in [6.45, 7) is 16.5. The van der Waals surface area contributed by atoms with Crippen LogP contribution in [0.5, 0.6) is 11.5 Å². The van der Waals surface area contributed by atoms with Gasteiger partial charge in [0.15, 0.2) is 13.2 Å². The Kier molecular flexibility index (Phi) is 14.9. The summed E-state index contributed by atoms with van der Waals surface area (Å²) in [7, 11) is 1.65. The van der Waals surface area contributed by atoms with Gasteiger partial charge in [-0.2, -0.15) is 0 Å². The van der Waals surface area contributed by atoms with Gasteiger partial charge in [0.2, 0.25) is 11.6 Å². The number of ether oxygens (including phenoxy) is 4. The number of pyridine rings is 1. The lowest BCUT2D eigenvalue weighted by Crippen LogP contribution is -2.17. The highest BCUT2D eigenvalue weighted by Crippen LogP contribution is 2.27. The SMILES string of the molecule is C=CCn1c(C)cc(C(=O)COC(=O)c2ccccc2Oc2ccccc2)c1C.CCc1nc2ccccc2c(C(=O)OCC(=O)c2cc(C)n(CCOC)c2C)c1C. The average Bonchev–Trinajstić information content (AvgIpc) is 3.69. The van der Waals surface area contributed by atoms with Crippen molar-refractivity contribution in [2.45, 2.75) is 61.1 Å². The third-order valence-electron chi connectivity index (χ3n) is 10.1. The second-order valence-electron chi connectivity index (χ2n) is 14.0. The van der Waals surface area contributed by atoms with E-state index in [1.165, 1.54) is 0 Å². The van der Waals surface area contributed by atoms with Crippen molar-refractivity contribution < 1.29 is 38.1 Å². The molecule has 0 fully saturated rings. The molecule has 0 amide bonds. The molecule has 11 heteroatoms. The van der Waals surface area contributed by atoms with Crippen LogP contribution in [0.15, 0.2) is 104 Å². The van der Waals surface area contributed by atoms with Gasteiger partial charge in [-0.15, -0.1) is 6.58 Å². The number of aromatic nitrogens is 3. The summed E-state index contributed by atoms with van der Waals surface area (Å²) in [6.07, 6.45) is 2.49. The van der Waals surface area contributed by atoms with Crippen LogP contribution in [0.3, 0.4) is 0 Å². The summed E-state index contributed by atoms with van der Waals surface area (Å²) in [4.78, 5) is 55.6. The summed E-state index contributed by atoms with van der Waals surface area (Å²) >= 11 is 0. The van der Waals surface area contributed by atoms with E-state index in [2.05, 4.69) is 11.6 Å². The predicted molar refractivity (Wildman–Crippen MR) is 228 cm³/mol. The first-order valence-electron chi connectivity index (χ1n) is 19.4. The predicted octanol–water partition coefficient (Wildman–Crippen LogP) is 9.33. The molecule has 0 bridgehead atoms. The maximum atomic E-state index is 13.0. The Hall–Kier alpha value is -6.59. The number of fused-ring (bicyclic) bond motifs is 1. The lowest BCUT2D eigenvalue weighted by Gasteiger charge is -2.13. The number of ketones is 2. The molecule has 306 valence electrons. The van der Waals surface area contributed by atoms with Crippen molar-refractivity contribution in [3.05, 3.63) is 160 Å². The van der Waals surface area contributed by atoms with Gasteiger partial charge in [0.1, 0.15) is 17.1 Å². The Bertz CT molecular complexity index is 2480. The van der Waals surface area contributed by atoms with E-state index in [4.69, 9.17) is 18.9 Å². The zero-order valence-electron chi connectivity index (χ0n) is 34.8. The third kappa shape index (κ3) is 10.3. The molecule has 3 aromatic carbocycles. The van der Waals surface area contributed by atoms with E-state index in [9.17, 15) is 19.2 Å². The molecule has 0 saturated carbocycles. The Morgan fingerprint density at radius 1 is 0.712 bits per heavy atom. The van der Waals surface area contributed by atoms with Crippen LogP contribution in [-0.2, 0) is 33.7 Å². The molecule has 3 aromatic heterocycles. The number of benzene rings is 3. The van der Waals surface area contributed by atoms with E-state index < -0.39 is 11.9 Å². The summed E-state index contributed by atoms with van der Waals surface area (Å²) in [5, 5.41) is 0.738. The highest BCUT2D eigenvalue weighted by molar-refractivity contribution is 6.06. The zero-order valence-corrected chi connectivity index (χ0v) is 34.8. The standard InChI is InChI=1S/C24H28N2O4.C24H23NO4/c1-6-20-16(3)23(18-9-7-8-10-21(18)25-20)24(28)30-14-22(27)19-13-15(2)26(17(19)4)11-12-29-5;1-4-14-25-17(2)15-21(18(25)3)22(26)16-28-24(27)20-12-8-9-13-23(20)29-19-10-6-5-7-11-19/h7-10,13H,6,11-12,14H2,1-5H3;4-13,15H,1,14,16H2,2-3H3. The molecule has 0 spiro atoms. The van der Waals surface area contributed by atoms with E-state index in [0.29, 0.717) is 54.3 Å². The minimum Gasteiger partial charge on any atom is -0.456 e. The number of aryl methyl sites for hydroxylation is 3. The van der Waals surface area contributed by atoms with Crippen molar-refractivity contribution in [3.8, 4) is 11.5 Å². The number of carbonyl (C=O) groups is 4. The van der Waals surface area contributed by atoms with Gasteiger partial charge in [-0.1, -0.05) is 61.5 Å². The molecule has 0 aliphatic carbocycles. The maximum absolute atomic E-state index is 13.0. The van der Waals surface area contributed by atoms with Gasteiger partial charge in [-0.25, -0.2) is 9.59 Å². The van der Waals surface area contributed by atoms with Gasteiger partial charge in [0.25, 0.3) is 0 Å². The molecule has 0 unspecified atom stereocenters. The minimum atomic E-state index is -0.607. The van der Waals surface area contributed by atoms with Crippen LogP contribution in [0.4, 0.5) is 0 Å². The highest BCUT2D eigenvalue weighted by atomic mass is 16.5. The van der Waals surface area contributed by atoms with Crippen molar-refractivity contribution in [1.82, 2.24) is 14.1 Å². The largest absolute Gasteiger partial charge is 0.456 e. The van der Waals surface area contributed by atoms with E-state index in [-0.39, 0.29) is 30.3 Å². The normalized spacial score (nSPS) is 10.8. The number of esters is 2. The number of methoxy groups -OCH3 is 1. The van der Waals surface area contributed by atoms with Gasteiger partial charge in [0, 0.05) is 65.2 Å². The highest BCUT2D eigenvalue weighted by Gasteiger charge is 2.23. The molecule has 0 saturated heterocycles. The maximum Gasteiger partial charge on any atom is 0.342 e. The van der Waals surface area contributed by atoms with Crippen molar-refractivity contribution in [1.29, 1.82) is 0 Å². The molecule has 0 aliphatic rings. The average molecular weight is 798 g/mol. The third-order valence-corrected chi connectivity index (χ3v) is 10.1. The van der Waals surface area contributed by atoms with Gasteiger partial charge < -0.3 is 28.1 Å². The number of nitrogens with zero attached hydrogens (tertiary/aromatic N) is 3. The van der Waals surface area contributed by atoms with Crippen molar-refractivity contribution >= 4 is 34.4 Å². The summed E-state index contributed by atoms with van der Waals surface area (Å²) in [6, 6.07) is 27.1. The van der Waals surface area contributed by atoms with Gasteiger partial charge in [0.05, 0.1) is 17.7 Å². The quantitative estimate of drug-likeness (QED) is 0.0535. The van der Waals surface area contributed by atoms with Gasteiger partial charge in [-0.05, 0) is 89.1 Å². The van der Waals surface area contributed by atoms with Crippen LogP contribution in [0.25, 0.3) is 10.9 Å². The van der Waals surface area contributed by atoms with Crippen molar-refractivity contribution in [2.75, 3.05) is 26.9 Å². The lowest BCUT2D eigenvalue weighted by atomic mass is 10.0. The Labute approximate surface area is 345 Å². The molecule has 3 heterocycles. The van der Waals surface area contributed by atoms with Gasteiger partial charge >= 0.3 is 11.9 Å². The van der Waals surface area contributed by atoms with Crippen molar-refractivity contribution in [2.24, 2.45) is 0 Å². The molecule has 6 rings (SSSR count). The molecular weight excluding hydrogens is 747 g/mol. The fourth-order valence-corrected chi connectivity index (χ4v) is 6.98. The topological polar surface area (TPSA) is 128 Å². The molecule has 0 atom stereocenters. The van der Waals surface area contributed by atoms with Crippen LogP contribution in [-0.4, -0.2) is 64.6 Å². The fraction of sp³-hybridized carbons (Fsp3) is 0.271. The first-order valence-corrected chi connectivity index (χ1v) is 19.4. The van der Waals surface area contributed by atoms with E-state index in [0.717, 1.165) is 44.9 Å². The monoisotopic (exact) mass is 797 g/mol. The Balaban J connectivity index is 0.000000224. The minimum absolute atomic E-state index is 0.216. The molecule has 11 nitrogen and oxygen atoms in total. The van der Waals surface area contributed by atoms with Crippen LogP contribution in [0.1, 0.15) is 82.4 Å². The van der Waals surface area contributed by atoms with E-state index >= 15 is 0 Å². The smallest absolute Gasteiger partial charge is 0.342 e. The number of carbonyl (C=O) groups excluding carboxylic acids is 4. The number of allylic oxidation sites excluding steroid dienone is 1. The van der Waals surface area contributed by atoms with Crippen LogP contribution >= 0.6 is 0 Å². The lowest BCUT2D eigenvalue weighted by molar-refractivity contribution is 0.0470. The Morgan fingerprint density at radius 3 is 1.93 bits per heavy atom. The Morgan fingerprint density at radius 2 is 1.29 bits per heavy atom. The second kappa shape index (κ2) is 20.2. The molecule has 0 radical (unpaired) electrons. The number of hydrogen-bond donors (Lipinski definition) is 0. The first-order chi connectivity index (χ1) is 28.4. The first kappa shape index (κ1) is 43.5. The molecule has 59 heavy (non-hydrogen) atoms. The van der Waals surface area contributed by atoms with E-state index in [1.54, 1.807) is 49.6 Å². The van der Waals surface area contributed by atoms with Crippen LogP contribution in [0.2, 0.25) is 0 Å². The number of para-hydroxylation sites is 3. The summed E-state index contributed by atoms with van der Waals surface area (Å²) < 4.78 is 25.7. The molecular formula is C48H51N3O8. The van der Waals surface area contributed by atoms with Crippen molar-refractivity contribution in [3.63, 3.8) is 0 Å². The van der Waals surface area contributed by atoms with Crippen LogP contribution in [0, 0.1) is 34.6 Å². The van der Waals surface area contributed by atoms with Gasteiger partial charge in [-0.3, -0.25) is 14.6 Å². The molecule has 6 aromatic rings. The van der Waals surface area contributed by atoms with Crippen LogP contribution < -0.4 is 4.74 Å². The fourth-order valence-electron chi connectivity index (χ4n) is 6.98. The number of rotatable bonds is 16.